The summed E-state index contributed by atoms with van der Waals surface area (Å²) in [4.78, 5) is 17.9. The Labute approximate surface area is 229 Å². The fraction of sp³-hybridized carbons (Fsp3) is 0.517. The van der Waals surface area contributed by atoms with E-state index in [0.29, 0.717) is 18.9 Å². The van der Waals surface area contributed by atoms with Crippen LogP contribution < -0.4 is 0 Å². The smallest absolute Gasteiger partial charge is 0.335 e. The standard InChI is InChI=1S/C25H33NO6.C4H7Br/c1-16(2)13-31-23(25(27)28)15-30-21-10-6-9-20(12-21)29-14-22-18(4)32-24(26-22)19-8-5-7-17(3)11-19;1-4(2)3-5/h5,7-8,11,20-21,23H,1,6,9-10,12-15H2,2-4H3,(H,27,28);3H,1-2H3/t20-,21+,23?;/m0./s1. The van der Waals surface area contributed by atoms with Crippen LogP contribution in [-0.4, -0.2) is 47.6 Å². The second-order valence-corrected chi connectivity index (χ2v) is 10.2. The Balaban J connectivity index is 0.000000877. The molecule has 2 aromatic rings. The Morgan fingerprint density at radius 3 is 2.51 bits per heavy atom. The van der Waals surface area contributed by atoms with E-state index in [1.54, 1.807) is 6.92 Å². The van der Waals surface area contributed by atoms with Gasteiger partial charge in [0.2, 0.25) is 5.89 Å². The SMILES string of the molecule is C=C(C)COC(CO[C@@H]1CCC[C@H](OCc2nc(-c3cccc(C)c3)oc2C)C1)C(=O)O.CC(C)=CBr. The Bertz CT molecular complexity index is 1040. The molecule has 0 bridgehead atoms. The number of nitrogens with zero attached hydrogens (tertiary/aromatic N) is 1. The van der Waals surface area contributed by atoms with Gasteiger partial charge >= 0.3 is 5.97 Å². The first kappa shape index (κ1) is 31.0. The predicted molar refractivity (Wildman–Crippen MR) is 149 cm³/mol. The van der Waals surface area contributed by atoms with Gasteiger partial charge in [0.1, 0.15) is 11.5 Å². The van der Waals surface area contributed by atoms with Crippen molar-refractivity contribution >= 4 is 21.9 Å². The van der Waals surface area contributed by atoms with Crippen LogP contribution in [0.1, 0.15) is 63.5 Å². The summed E-state index contributed by atoms with van der Waals surface area (Å²) in [6.45, 7) is 14.1. The largest absolute Gasteiger partial charge is 0.479 e. The number of hydrogen-bond donors (Lipinski definition) is 1. The van der Waals surface area contributed by atoms with Crippen LogP contribution in [0.25, 0.3) is 11.5 Å². The minimum atomic E-state index is -1.03. The van der Waals surface area contributed by atoms with Gasteiger partial charge in [-0.1, -0.05) is 51.4 Å². The molecule has 0 radical (unpaired) electrons. The van der Waals surface area contributed by atoms with Crippen molar-refractivity contribution in [2.45, 2.75) is 85.2 Å². The summed E-state index contributed by atoms with van der Waals surface area (Å²) < 4.78 is 23.2. The average molecular weight is 579 g/mol. The van der Waals surface area contributed by atoms with Gasteiger partial charge in [0.15, 0.2) is 6.10 Å². The van der Waals surface area contributed by atoms with Crippen molar-refractivity contribution in [1.82, 2.24) is 4.98 Å². The molecule has 37 heavy (non-hydrogen) atoms. The molecule has 3 atom stereocenters. The number of carbonyl (C=O) groups is 1. The highest BCUT2D eigenvalue weighted by Crippen LogP contribution is 2.27. The highest BCUT2D eigenvalue weighted by atomic mass is 79.9. The van der Waals surface area contributed by atoms with Crippen molar-refractivity contribution in [3.05, 3.63) is 64.0 Å². The molecule has 3 rings (SSSR count). The molecular formula is C29H40BrNO6. The van der Waals surface area contributed by atoms with Gasteiger partial charge in [-0.3, -0.25) is 0 Å². The van der Waals surface area contributed by atoms with Gasteiger partial charge in [-0.25, -0.2) is 9.78 Å². The molecule has 0 saturated heterocycles. The van der Waals surface area contributed by atoms with Gasteiger partial charge in [-0.2, -0.15) is 0 Å². The number of halogens is 1. The molecule has 0 spiro atoms. The van der Waals surface area contributed by atoms with Gasteiger partial charge in [-0.15, -0.1) is 0 Å². The second-order valence-electron chi connectivity index (χ2n) is 9.73. The van der Waals surface area contributed by atoms with Crippen molar-refractivity contribution in [1.29, 1.82) is 0 Å². The minimum Gasteiger partial charge on any atom is -0.479 e. The van der Waals surface area contributed by atoms with Crippen LogP contribution in [0.4, 0.5) is 0 Å². The quantitative estimate of drug-likeness (QED) is 0.283. The van der Waals surface area contributed by atoms with Crippen LogP contribution in [0.15, 0.2) is 51.4 Å². The highest BCUT2D eigenvalue weighted by molar-refractivity contribution is 9.11. The third-order valence-electron chi connectivity index (χ3n) is 5.70. The lowest BCUT2D eigenvalue weighted by Gasteiger charge is -2.29. The van der Waals surface area contributed by atoms with Crippen molar-refractivity contribution in [3.8, 4) is 11.5 Å². The topological polar surface area (TPSA) is 91.0 Å². The molecule has 0 amide bonds. The summed E-state index contributed by atoms with van der Waals surface area (Å²) in [5, 5.41) is 9.33. The van der Waals surface area contributed by atoms with Gasteiger partial charge in [-0.05, 0) is 77.4 Å². The molecule has 204 valence electrons. The predicted octanol–water partition coefficient (Wildman–Crippen LogP) is 7.15. The number of aryl methyl sites for hydroxylation is 2. The van der Waals surface area contributed by atoms with Crippen molar-refractivity contribution in [3.63, 3.8) is 0 Å². The fourth-order valence-corrected chi connectivity index (χ4v) is 3.72. The Morgan fingerprint density at radius 2 is 1.92 bits per heavy atom. The van der Waals surface area contributed by atoms with Crippen molar-refractivity contribution in [2.24, 2.45) is 0 Å². The number of carboxylic acid groups (broad SMARTS) is 1. The summed E-state index contributed by atoms with van der Waals surface area (Å²) >= 11 is 3.15. The molecule has 7 nitrogen and oxygen atoms in total. The lowest BCUT2D eigenvalue weighted by molar-refractivity contribution is -0.156. The molecule has 1 unspecified atom stereocenters. The zero-order valence-corrected chi connectivity index (χ0v) is 24.2. The van der Waals surface area contributed by atoms with Gasteiger partial charge < -0.3 is 23.7 Å². The second kappa shape index (κ2) is 15.9. The summed E-state index contributed by atoms with van der Waals surface area (Å²) in [6, 6.07) is 8.05. The fourth-order valence-electron chi connectivity index (χ4n) is 3.72. The molecule has 1 aromatic carbocycles. The first-order valence-corrected chi connectivity index (χ1v) is 13.5. The van der Waals surface area contributed by atoms with Gasteiger partial charge in [0.25, 0.3) is 0 Å². The zero-order chi connectivity index (χ0) is 27.4. The number of hydrogen-bond acceptors (Lipinski definition) is 6. The monoisotopic (exact) mass is 577 g/mol. The van der Waals surface area contributed by atoms with E-state index < -0.39 is 12.1 Å². The maximum atomic E-state index is 11.4. The van der Waals surface area contributed by atoms with Crippen molar-refractivity contribution in [2.75, 3.05) is 13.2 Å². The van der Waals surface area contributed by atoms with E-state index >= 15 is 0 Å². The first-order valence-electron chi connectivity index (χ1n) is 12.6. The molecule has 1 fully saturated rings. The lowest BCUT2D eigenvalue weighted by Crippen LogP contribution is -2.34. The van der Waals surface area contributed by atoms with Gasteiger partial charge in [0.05, 0.1) is 32.0 Å². The maximum Gasteiger partial charge on any atom is 0.335 e. The van der Waals surface area contributed by atoms with E-state index in [9.17, 15) is 9.90 Å². The van der Waals surface area contributed by atoms with E-state index in [1.807, 2.05) is 56.9 Å². The third-order valence-corrected chi connectivity index (χ3v) is 6.61. The number of ether oxygens (including phenoxy) is 3. The van der Waals surface area contributed by atoms with E-state index in [2.05, 4.69) is 27.5 Å². The molecule has 1 heterocycles. The highest BCUT2D eigenvalue weighted by Gasteiger charge is 2.27. The van der Waals surface area contributed by atoms with Crippen LogP contribution in [0.2, 0.25) is 0 Å². The normalized spacial score (nSPS) is 17.9. The number of allylic oxidation sites excluding steroid dienone is 1. The van der Waals surface area contributed by atoms with E-state index in [0.717, 1.165) is 47.4 Å². The Kier molecular flexibility index (Phi) is 13.3. The Morgan fingerprint density at radius 1 is 1.24 bits per heavy atom. The molecule has 0 aliphatic heterocycles. The van der Waals surface area contributed by atoms with Crippen LogP contribution in [-0.2, 0) is 25.6 Å². The number of carboxylic acids is 1. The number of benzene rings is 1. The first-order chi connectivity index (χ1) is 17.6. The molecule has 1 aliphatic rings. The lowest BCUT2D eigenvalue weighted by atomic mass is 9.95. The van der Waals surface area contributed by atoms with E-state index in [1.165, 1.54) is 5.57 Å². The van der Waals surface area contributed by atoms with Crippen LogP contribution in [0, 0.1) is 13.8 Å². The molecule has 1 aromatic heterocycles. The zero-order valence-electron chi connectivity index (χ0n) is 22.6. The van der Waals surface area contributed by atoms with E-state index in [-0.39, 0.29) is 25.4 Å². The number of aliphatic carboxylic acids is 1. The summed E-state index contributed by atoms with van der Waals surface area (Å²) in [6.07, 6.45) is 2.49. The van der Waals surface area contributed by atoms with Gasteiger partial charge in [0, 0.05) is 5.56 Å². The molecule has 1 aliphatic carbocycles. The average Bonchev–Trinajstić information content (AvgIpc) is 3.23. The number of oxazole rings is 1. The molecular weight excluding hydrogens is 538 g/mol. The third kappa shape index (κ3) is 11.3. The summed E-state index contributed by atoms with van der Waals surface area (Å²) in [7, 11) is 0. The molecule has 1 N–H and O–H groups in total. The van der Waals surface area contributed by atoms with Crippen LogP contribution >= 0.6 is 15.9 Å². The molecule has 8 heteroatoms. The van der Waals surface area contributed by atoms with E-state index in [4.69, 9.17) is 18.6 Å². The maximum absolute atomic E-state index is 11.4. The summed E-state index contributed by atoms with van der Waals surface area (Å²) in [5.41, 5.74) is 4.97. The van der Waals surface area contributed by atoms with Crippen LogP contribution in [0.5, 0.6) is 0 Å². The minimum absolute atomic E-state index is 0.0161. The van der Waals surface area contributed by atoms with Crippen LogP contribution in [0.3, 0.4) is 0 Å². The number of rotatable bonds is 11. The Hall–Kier alpha value is -2.26. The summed E-state index contributed by atoms with van der Waals surface area (Å²) in [5.74, 6) is 0.328. The number of aromatic nitrogens is 1. The molecule has 1 saturated carbocycles. The van der Waals surface area contributed by atoms with Crippen molar-refractivity contribution < 1.29 is 28.5 Å².